The number of carbonyl (C=O) groups is 4. The summed E-state index contributed by atoms with van der Waals surface area (Å²) in [4.78, 5) is 50.0. The Morgan fingerprint density at radius 3 is 1.54 bits per heavy atom. The van der Waals surface area contributed by atoms with E-state index in [1.165, 1.54) is 0 Å². The van der Waals surface area contributed by atoms with Gasteiger partial charge in [-0.2, -0.15) is 39.5 Å². The number of nitrogen functional groups attached to an aromatic ring is 1. The molecule has 0 saturated carbocycles. The predicted octanol–water partition coefficient (Wildman–Crippen LogP) is 6.89. The monoisotopic (exact) mass is 792 g/mol. The van der Waals surface area contributed by atoms with Crippen molar-refractivity contribution in [2.75, 3.05) is 11.6 Å². The summed E-state index contributed by atoms with van der Waals surface area (Å²) >= 11 is 10.1. The number of anilines is 1. The van der Waals surface area contributed by atoms with E-state index in [0.717, 1.165) is 36.7 Å². The Kier molecular flexibility index (Phi) is 18.2. The Labute approximate surface area is 288 Å². The maximum Gasteiger partial charge on any atom is 0.433 e. The van der Waals surface area contributed by atoms with Crippen LogP contribution in [0.15, 0.2) is 48.8 Å². The van der Waals surface area contributed by atoms with Gasteiger partial charge in [0, 0.05) is 12.4 Å². The minimum atomic E-state index is -4.62. The fourth-order valence-corrected chi connectivity index (χ4v) is 3.21. The van der Waals surface area contributed by atoms with Crippen molar-refractivity contribution in [3.63, 3.8) is 0 Å². The van der Waals surface area contributed by atoms with Crippen molar-refractivity contribution in [2.24, 2.45) is 0 Å². The van der Waals surface area contributed by atoms with E-state index in [1.54, 1.807) is 0 Å². The molecule has 25 heteroatoms. The van der Waals surface area contributed by atoms with E-state index in [1.807, 2.05) is 0 Å². The van der Waals surface area contributed by atoms with E-state index in [9.17, 15) is 53.9 Å². The van der Waals surface area contributed by atoms with Crippen molar-refractivity contribution in [2.45, 2.75) is 18.5 Å². The molecular weight excluding hydrogens is 774 g/mol. The van der Waals surface area contributed by atoms with Gasteiger partial charge in [0.05, 0.1) is 11.4 Å². The topological polar surface area (TPSA) is 233 Å². The fraction of sp³-hybridized carbons (Fsp3) is 0.160. The van der Waals surface area contributed by atoms with Crippen LogP contribution in [-0.2, 0) is 23.3 Å². The quantitative estimate of drug-likeness (QED) is 0.0615. The van der Waals surface area contributed by atoms with Crippen LogP contribution < -0.4 is 11.9 Å². The first-order valence-corrected chi connectivity index (χ1v) is 12.7. The number of carboxylic acids is 3. The van der Waals surface area contributed by atoms with Gasteiger partial charge in [-0.15, -0.1) is 24.0 Å². The Morgan fingerprint density at radius 1 is 0.760 bits per heavy atom. The maximum absolute atomic E-state index is 12.5. The van der Waals surface area contributed by atoms with Crippen molar-refractivity contribution in [1.82, 2.24) is 25.5 Å². The van der Waals surface area contributed by atoms with Crippen LogP contribution >= 0.6 is 35.6 Å². The molecule has 0 amide bonds. The van der Waals surface area contributed by atoms with Crippen LogP contribution in [-0.4, -0.2) is 64.7 Å². The molecule has 0 unspecified atom stereocenters. The molecule has 276 valence electrons. The zero-order chi connectivity index (χ0) is 37.2. The highest BCUT2D eigenvalue weighted by atomic mass is 35.5. The molecule has 0 fully saturated rings. The van der Waals surface area contributed by atoms with Crippen LogP contribution in [0, 0.1) is 0 Å². The van der Waals surface area contributed by atoms with Crippen LogP contribution in [0.4, 0.5) is 45.3 Å². The number of nitrogens with two attached hydrogens (primary N) is 1. The molecule has 8 N–H and O–H groups in total. The number of hydrogen-bond acceptors (Lipinski definition) is 9. The number of pyridine rings is 3. The van der Waals surface area contributed by atoms with Crippen LogP contribution in [0.25, 0.3) is 5.65 Å². The molecule has 0 aliphatic heterocycles. The van der Waals surface area contributed by atoms with Crippen LogP contribution in [0.1, 0.15) is 48.2 Å². The molecule has 50 heavy (non-hydrogen) atoms. The molecule has 0 bridgehead atoms. The van der Waals surface area contributed by atoms with Gasteiger partial charge in [-0.05, 0) is 36.4 Å². The first-order valence-electron chi connectivity index (χ1n) is 11.8. The Morgan fingerprint density at radius 2 is 1.18 bits per heavy atom. The average Bonchev–Trinajstić information content (AvgIpc) is 3.45. The number of hydrogen-bond donors (Lipinski definition) is 5. The largest absolute Gasteiger partial charge is 0.478 e. The Hall–Kier alpha value is -4.93. The summed E-state index contributed by atoms with van der Waals surface area (Å²) in [6, 6.07) is 4.29. The molecule has 0 radical (unpaired) electrons. The first kappa shape index (κ1) is 47.2. The summed E-state index contributed by atoms with van der Waals surface area (Å²) in [6.07, 6.45) is -11.0. The van der Waals surface area contributed by atoms with Gasteiger partial charge in [-0.1, -0.05) is 11.6 Å². The van der Waals surface area contributed by atoms with Gasteiger partial charge < -0.3 is 32.0 Å². The smallest absolute Gasteiger partial charge is 0.433 e. The van der Waals surface area contributed by atoms with Crippen molar-refractivity contribution < 1.29 is 74.0 Å². The number of aromatic nitrogens is 4. The summed E-state index contributed by atoms with van der Waals surface area (Å²) in [5, 5.41) is 25.0. The van der Waals surface area contributed by atoms with E-state index in [4.69, 9.17) is 49.0 Å². The number of imidazole rings is 1. The number of alkyl halides is 10. The van der Waals surface area contributed by atoms with E-state index in [-0.39, 0.29) is 35.6 Å². The number of aromatic carboxylic acids is 3. The second-order valence-electron chi connectivity index (χ2n) is 8.15. The van der Waals surface area contributed by atoms with Crippen molar-refractivity contribution in [3.8, 4) is 0 Å². The fourth-order valence-electron chi connectivity index (χ4n) is 2.98. The van der Waals surface area contributed by atoms with Crippen molar-refractivity contribution in [3.05, 3.63) is 87.7 Å². The normalized spacial score (nSPS) is 10.7. The number of carbonyl (C=O) groups excluding carboxylic acids is 1. The first-order chi connectivity index (χ1) is 22.0. The lowest BCUT2D eigenvalue weighted by atomic mass is 10.2. The van der Waals surface area contributed by atoms with Crippen molar-refractivity contribution >= 4 is 71.3 Å². The molecule has 0 aliphatic rings. The van der Waals surface area contributed by atoms with Gasteiger partial charge >= 0.3 is 36.4 Å². The highest BCUT2D eigenvalue weighted by Gasteiger charge is 2.35. The van der Waals surface area contributed by atoms with E-state index < -0.39 is 75.6 Å². The second-order valence-corrected chi connectivity index (χ2v) is 8.81. The number of fused-ring (bicyclic) bond motifs is 1. The third-order valence-corrected chi connectivity index (χ3v) is 5.36. The van der Waals surface area contributed by atoms with Crippen LogP contribution in [0.2, 0.25) is 5.15 Å². The number of halogens is 12. The lowest BCUT2D eigenvalue weighted by Gasteiger charge is -2.10. The van der Waals surface area contributed by atoms with Crippen molar-refractivity contribution in [1.29, 1.82) is 0 Å². The third-order valence-electron chi connectivity index (χ3n) is 4.95. The molecule has 4 heterocycles. The van der Waals surface area contributed by atoms with E-state index in [2.05, 4.69) is 15.0 Å². The molecule has 13 nitrogen and oxygen atoms in total. The van der Waals surface area contributed by atoms with Crippen LogP contribution in [0.5, 0.6) is 0 Å². The molecule has 0 aromatic carbocycles. The Bertz CT molecular complexity index is 1710. The molecular formula is C25H20Cl3F9N6O7. The zero-order valence-corrected chi connectivity index (χ0v) is 26.3. The predicted molar refractivity (Wildman–Crippen MR) is 158 cm³/mol. The zero-order valence-electron chi connectivity index (χ0n) is 24.0. The van der Waals surface area contributed by atoms with Gasteiger partial charge in [0.15, 0.2) is 5.65 Å². The number of carboxylic acid groups (broad SMARTS) is 3. The van der Waals surface area contributed by atoms with Gasteiger partial charge in [0.25, 0.3) is 0 Å². The number of aldehydes is 1. The highest BCUT2D eigenvalue weighted by Crippen LogP contribution is 2.31. The molecule has 0 aliphatic carbocycles. The summed E-state index contributed by atoms with van der Waals surface area (Å²) in [5.74, 6) is -4.68. The number of rotatable bonds is 4. The summed E-state index contributed by atoms with van der Waals surface area (Å²) in [7, 11) is 0. The maximum atomic E-state index is 12.5. The molecule has 0 atom stereocenters. The lowest BCUT2D eigenvalue weighted by molar-refractivity contribution is -0.142. The van der Waals surface area contributed by atoms with Gasteiger partial charge in [0.1, 0.15) is 45.5 Å². The van der Waals surface area contributed by atoms with E-state index >= 15 is 0 Å². The van der Waals surface area contributed by atoms with Gasteiger partial charge in [-0.3, -0.25) is 4.40 Å². The molecule has 4 rings (SSSR count). The van der Waals surface area contributed by atoms with Crippen LogP contribution in [0.3, 0.4) is 0 Å². The summed E-state index contributed by atoms with van der Waals surface area (Å²) in [6.45, 7) is 0. The third kappa shape index (κ3) is 13.5. The molecule has 0 spiro atoms. The molecule has 4 aromatic rings. The lowest BCUT2D eigenvalue weighted by Crippen LogP contribution is -2.13. The van der Waals surface area contributed by atoms with E-state index in [0.29, 0.717) is 22.8 Å². The molecule has 4 aromatic heterocycles. The number of nitrogens with zero attached hydrogens (tertiary/aromatic N) is 4. The average molecular weight is 794 g/mol. The minimum Gasteiger partial charge on any atom is -0.478 e. The van der Waals surface area contributed by atoms with Gasteiger partial charge in [0.2, 0.25) is 0 Å². The standard InChI is InChI=1S/C9H5F3N2O2.C7H3ClF3NO2.C7H5F3N2O2.C2H3ClO.ClH.H3N/c10-9(11,12)6-2-1-5(8(15)16)7-13-3-4-14(6)7;8-5-3(6(13)14)1-2-4(12-5)7(9,10)11;8-7(9,10)4-2-1-3(6(13)14)5(11)12-4;3-1-2-4;;/h1-4H,(H,15,16);1-2H,(H,13,14);1-2H,(H2,11,12)(H,13,14);2H,1H2;1H;1H3. The molecule has 0 saturated heterocycles. The highest BCUT2D eigenvalue weighted by molar-refractivity contribution is 6.32. The minimum absolute atomic E-state index is 0. The SMILES string of the molecule is Cl.N.Nc1nc(C(F)(F)F)ccc1C(=O)O.O=C(O)c1ccc(C(F)(F)F)n2ccnc12.O=C(O)c1ccc(C(F)(F)F)nc1Cl.O=CCCl. The summed E-state index contributed by atoms with van der Waals surface area (Å²) in [5.41, 5.74) is 0.259. The van der Waals surface area contributed by atoms with Gasteiger partial charge in [-0.25, -0.2) is 29.3 Å². The second kappa shape index (κ2) is 19.3. The summed E-state index contributed by atoms with van der Waals surface area (Å²) < 4.78 is 111. The Balaban J connectivity index is 0.